The van der Waals surface area contributed by atoms with Crippen molar-refractivity contribution in [3.63, 3.8) is 0 Å². The molecule has 1 aromatic carbocycles. The van der Waals surface area contributed by atoms with Gasteiger partial charge < -0.3 is 5.73 Å². The summed E-state index contributed by atoms with van der Waals surface area (Å²) in [5.41, 5.74) is 5.86. The highest BCUT2D eigenvalue weighted by atomic mass is 32.2. The van der Waals surface area contributed by atoms with Gasteiger partial charge in [0.15, 0.2) is 5.52 Å². The number of rotatable bonds is 4. The Labute approximate surface area is 94.1 Å². The summed E-state index contributed by atoms with van der Waals surface area (Å²) in [6, 6.07) is 3.02. The van der Waals surface area contributed by atoms with Gasteiger partial charge >= 0.3 is 5.69 Å². The van der Waals surface area contributed by atoms with Gasteiger partial charge in [-0.3, -0.25) is 10.1 Å². The van der Waals surface area contributed by atoms with Gasteiger partial charge in [0, 0.05) is 23.3 Å². The van der Waals surface area contributed by atoms with Crippen LogP contribution in [0.4, 0.5) is 5.69 Å². The molecule has 1 heterocycles. The Morgan fingerprint density at radius 1 is 1.44 bits per heavy atom. The van der Waals surface area contributed by atoms with Gasteiger partial charge in [0.1, 0.15) is 0 Å². The molecule has 2 rings (SSSR count). The molecule has 0 spiro atoms. The van der Waals surface area contributed by atoms with E-state index in [1.807, 2.05) is 0 Å². The number of aromatic nitrogens is 2. The van der Waals surface area contributed by atoms with Crippen LogP contribution in [0.15, 0.2) is 21.7 Å². The number of non-ortho nitro benzene ring substituents is 1. The van der Waals surface area contributed by atoms with E-state index >= 15 is 0 Å². The highest BCUT2D eigenvalue weighted by Crippen LogP contribution is 2.31. The molecule has 0 aliphatic rings. The Bertz CT molecular complexity index is 527. The van der Waals surface area contributed by atoms with Crippen LogP contribution in [-0.2, 0) is 0 Å². The number of nitrogens with zero attached hydrogens (tertiary/aromatic N) is 3. The molecule has 0 radical (unpaired) electrons. The number of hydrogen-bond acceptors (Lipinski definition) is 7. The number of nitro benzene ring substituents is 1. The van der Waals surface area contributed by atoms with Crippen molar-refractivity contribution >= 4 is 28.5 Å². The van der Waals surface area contributed by atoms with Gasteiger partial charge in [-0.05, 0) is 16.4 Å². The van der Waals surface area contributed by atoms with E-state index in [-0.39, 0.29) is 11.2 Å². The quantitative estimate of drug-likeness (QED) is 0.485. The summed E-state index contributed by atoms with van der Waals surface area (Å²) in [4.78, 5) is 11.0. The molecule has 7 nitrogen and oxygen atoms in total. The first-order valence-corrected chi connectivity index (χ1v) is 5.45. The summed E-state index contributed by atoms with van der Waals surface area (Å²) in [7, 11) is 0. The van der Waals surface area contributed by atoms with E-state index in [9.17, 15) is 10.1 Å². The average molecular weight is 240 g/mol. The molecule has 0 bridgehead atoms. The van der Waals surface area contributed by atoms with Gasteiger partial charge in [0.05, 0.1) is 4.92 Å². The topological polar surface area (TPSA) is 108 Å². The molecule has 1 aromatic heterocycles. The fraction of sp³-hybridized carbons (Fsp3) is 0.250. The summed E-state index contributed by atoms with van der Waals surface area (Å²) < 4.78 is 4.53. The second kappa shape index (κ2) is 4.45. The van der Waals surface area contributed by atoms with Crippen LogP contribution in [0.1, 0.15) is 0 Å². The lowest BCUT2D eigenvalue weighted by molar-refractivity contribution is -0.383. The van der Waals surface area contributed by atoms with Crippen molar-refractivity contribution in [1.82, 2.24) is 10.3 Å². The third kappa shape index (κ3) is 1.84. The fourth-order valence-corrected chi connectivity index (χ4v) is 2.04. The number of fused-ring (bicyclic) bond motifs is 1. The van der Waals surface area contributed by atoms with E-state index in [0.717, 1.165) is 4.90 Å². The molecule has 8 heteroatoms. The van der Waals surface area contributed by atoms with Gasteiger partial charge in [-0.15, -0.1) is 11.8 Å². The van der Waals surface area contributed by atoms with Gasteiger partial charge in [0.2, 0.25) is 5.52 Å². The van der Waals surface area contributed by atoms with E-state index in [2.05, 4.69) is 14.9 Å². The zero-order valence-electron chi connectivity index (χ0n) is 8.12. The third-order valence-corrected chi connectivity index (χ3v) is 3.01. The van der Waals surface area contributed by atoms with Crippen LogP contribution in [0.5, 0.6) is 0 Å². The van der Waals surface area contributed by atoms with Crippen molar-refractivity contribution in [3.05, 3.63) is 22.2 Å². The first-order chi connectivity index (χ1) is 7.74. The minimum atomic E-state index is -0.510. The van der Waals surface area contributed by atoms with Gasteiger partial charge in [-0.1, -0.05) is 0 Å². The molecule has 16 heavy (non-hydrogen) atoms. The lowest BCUT2D eigenvalue weighted by Gasteiger charge is -1.99. The number of nitrogens with two attached hydrogens (primary N) is 1. The van der Waals surface area contributed by atoms with Crippen LogP contribution < -0.4 is 5.73 Å². The second-order valence-electron chi connectivity index (χ2n) is 2.94. The molecule has 0 saturated heterocycles. The standard InChI is InChI=1S/C8H8N4O3S/c9-3-4-16-6-2-1-5(12(13)14)7-8(6)11-15-10-7/h1-2H,3-4,9H2. The van der Waals surface area contributed by atoms with Crippen molar-refractivity contribution in [2.75, 3.05) is 12.3 Å². The van der Waals surface area contributed by atoms with Gasteiger partial charge in [-0.25, -0.2) is 4.63 Å². The van der Waals surface area contributed by atoms with Crippen LogP contribution in [0.25, 0.3) is 11.0 Å². The molecule has 0 unspecified atom stereocenters. The summed E-state index contributed by atoms with van der Waals surface area (Å²) in [5.74, 6) is 0.708. The van der Waals surface area contributed by atoms with Crippen LogP contribution in [0.3, 0.4) is 0 Å². The second-order valence-corrected chi connectivity index (χ2v) is 4.08. The van der Waals surface area contributed by atoms with E-state index < -0.39 is 4.92 Å². The Morgan fingerprint density at radius 3 is 2.88 bits per heavy atom. The molecule has 0 amide bonds. The monoisotopic (exact) mass is 240 g/mol. The zero-order chi connectivity index (χ0) is 11.5. The Balaban J connectivity index is 2.50. The molecule has 0 fully saturated rings. The smallest absolute Gasteiger partial charge is 0.300 e. The van der Waals surface area contributed by atoms with Crippen LogP contribution in [0.2, 0.25) is 0 Å². The van der Waals surface area contributed by atoms with E-state index in [1.165, 1.54) is 17.8 Å². The number of nitro groups is 1. The van der Waals surface area contributed by atoms with Crippen molar-refractivity contribution in [3.8, 4) is 0 Å². The first kappa shape index (κ1) is 10.8. The molecule has 0 aliphatic heterocycles. The van der Waals surface area contributed by atoms with Crippen molar-refractivity contribution < 1.29 is 9.55 Å². The van der Waals surface area contributed by atoms with E-state index in [4.69, 9.17) is 5.73 Å². The van der Waals surface area contributed by atoms with Crippen LogP contribution in [-0.4, -0.2) is 27.5 Å². The Kier molecular flexibility index (Phi) is 3.02. The number of thioether (sulfide) groups is 1. The van der Waals surface area contributed by atoms with Crippen molar-refractivity contribution in [2.24, 2.45) is 5.73 Å². The van der Waals surface area contributed by atoms with Crippen LogP contribution >= 0.6 is 11.8 Å². The van der Waals surface area contributed by atoms with Gasteiger partial charge in [-0.2, -0.15) is 0 Å². The van der Waals surface area contributed by atoms with Crippen LogP contribution in [0, 0.1) is 10.1 Å². The first-order valence-electron chi connectivity index (χ1n) is 4.46. The SMILES string of the molecule is NCCSc1ccc([N+](=O)[O-])c2nonc12. The Morgan fingerprint density at radius 2 is 2.19 bits per heavy atom. The average Bonchev–Trinajstić information content (AvgIpc) is 2.74. The molecular weight excluding hydrogens is 232 g/mol. The predicted molar refractivity (Wildman–Crippen MR) is 58.2 cm³/mol. The highest BCUT2D eigenvalue weighted by molar-refractivity contribution is 7.99. The summed E-state index contributed by atoms with van der Waals surface area (Å²) in [6.07, 6.45) is 0. The minimum absolute atomic E-state index is 0.103. The minimum Gasteiger partial charge on any atom is -0.330 e. The van der Waals surface area contributed by atoms with Crippen molar-refractivity contribution in [2.45, 2.75) is 4.90 Å². The largest absolute Gasteiger partial charge is 0.330 e. The highest BCUT2D eigenvalue weighted by Gasteiger charge is 2.19. The maximum atomic E-state index is 10.7. The maximum absolute atomic E-state index is 10.7. The lowest BCUT2D eigenvalue weighted by Crippen LogP contribution is -2.01. The maximum Gasteiger partial charge on any atom is 0.300 e. The summed E-state index contributed by atoms with van der Waals surface area (Å²) in [5, 5.41) is 17.9. The van der Waals surface area contributed by atoms with Gasteiger partial charge in [0.25, 0.3) is 0 Å². The molecule has 2 N–H and O–H groups in total. The molecule has 0 aliphatic carbocycles. The fourth-order valence-electron chi connectivity index (χ4n) is 1.26. The molecule has 84 valence electrons. The molecule has 0 saturated carbocycles. The van der Waals surface area contributed by atoms with E-state index in [0.29, 0.717) is 17.8 Å². The summed E-state index contributed by atoms with van der Waals surface area (Å²) in [6.45, 7) is 0.522. The summed E-state index contributed by atoms with van der Waals surface area (Å²) >= 11 is 1.46. The Hall–Kier alpha value is -1.67. The molecule has 2 aromatic rings. The molecular formula is C8H8N4O3S. The van der Waals surface area contributed by atoms with E-state index in [1.54, 1.807) is 6.07 Å². The third-order valence-electron chi connectivity index (χ3n) is 1.93. The predicted octanol–water partition coefficient (Wildman–Crippen LogP) is 1.18. The normalized spacial score (nSPS) is 10.8. The van der Waals surface area contributed by atoms with Crippen molar-refractivity contribution in [1.29, 1.82) is 0 Å². The number of benzene rings is 1. The lowest BCUT2D eigenvalue weighted by atomic mass is 10.3. The number of hydrogen-bond donors (Lipinski definition) is 1. The zero-order valence-corrected chi connectivity index (χ0v) is 8.94. The molecule has 0 atom stereocenters.